The molecule has 1 aromatic heterocycles. The highest BCUT2D eigenvalue weighted by atomic mass is 35.5. The molecular weight excluding hydrogens is 250 g/mol. The Labute approximate surface area is 110 Å². The van der Waals surface area contributed by atoms with E-state index in [4.69, 9.17) is 11.6 Å². The highest BCUT2D eigenvalue weighted by Crippen LogP contribution is 2.19. The number of halogens is 1. The quantitative estimate of drug-likeness (QED) is 0.918. The Morgan fingerprint density at radius 3 is 3.06 bits per heavy atom. The van der Waals surface area contributed by atoms with E-state index in [0.29, 0.717) is 6.54 Å². The molecule has 6 heteroatoms. The highest BCUT2D eigenvalue weighted by molar-refractivity contribution is 6.31. The molecule has 0 saturated carbocycles. The standard InChI is InChI=1S/C12H14ClN5/c13-10-5-2-1-4-9(10)8-18-16-12(15-17-18)11-6-3-7-14-11/h1-2,4-5,11,14H,3,6-8H2. The number of benzene rings is 1. The van der Waals surface area contributed by atoms with Gasteiger partial charge in [0, 0.05) is 5.02 Å². The largest absolute Gasteiger partial charge is 0.307 e. The molecule has 1 aromatic carbocycles. The molecule has 1 unspecified atom stereocenters. The molecule has 2 heterocycles. The smallest absolute Gasteiger partial charge is 0.191 e. The number of rotatable bonds is 3. The minimum atomic E-state index is 0.255. The maximum absolute atomic E-state index is 6.11. The van der Waals surface area contributed by atoms with E-state index in [1.165, 1.54) is 6.42 Å². The Bertz CT molecular complexity index is 533. The van der Waals surface area contributed by atoms with Crippen molar-refractivity contribution in [1.82, 2.24) is 25.5 Å². The zero-order valence-corrected chi connectivity index (χ0v) is 10.6. The number of tetrazole rings is 1. The summed E-state index contributed by atoms with van der Waals surface area (Å²) < 4.78 is 0. The molecule has 1 aliphatic rings. The summed E-state index contributed by atoms with van der Waals surface area (Å²) in [6.45, 7) is 1.59. The van der Waals surface area contributed by atoms with Crippen LogP contribution >= 0.6 is 11.6 Å². The molecule has 3 rings (SSSR count). The lowest BCUT2D eigenvalue weighted by Gasteiger charge is -2.03. The molecule has 0 radical (unpaired) electrons. The van der Waals surface area contributed by atoms with Crippen LogP contribution in [0.2, 0.25) is 5.02 Å². The molecule has 1 fully saturated rings. The molecule has 0 amide bonds. The summed E-state index contributed by atoms with van der Waals surface area (Å²) in [6, 6.07) is 7.96. The van der Waals surface area contributed by atoms with E-state index in [1.54, 1.807) is 4.80 Å². The lowest BCUT2D eigenvalue weighted by Crippen LogP contribution is -2.14. The number of aromatic nitrogens is 4. The number of nitrogens with one attached hydrogen (secondary N) is 1. The predicted molar refractivity (Wildman–Crippen MR) is 68.3 cm³/mol. The van der Waals surface area contributed by atoms with Gasteiger partial charge in [0.1, 0.15) is 0 Å². The molecule has 1 N–H and O–H groups in total. The van der Waals surface area contributed by atoms with Crippen molar-refractivity contribution in [3.05, 3.63) is 40.7 Å². The van der Waals surface area contributed by atoms with E-state index < -0.39 is 0 Å². The molecule has 1 saturated heterocycles. The zero-order chi connectivity index (χ0) is 12.4. The lowest BCUT2D eigenvalue weighted by atomic mass is 10.2. The molecule has 1 aliphatic heterocycles. The molecule has 1 atom stereocenters. The average molecular weight is 264 g/mol. The Morgan fingerprint density at radius 2 is 2.28 bits per heavy atom. The van der Waals surface area contributed by atoms with Gasteiger partial charge in [-0.15, -0.1) is 10.2 Å². The van der Waals surface area contributed by atoms with Crippen LogP contribution in [0.1, 0.15) is 30.3 Å². The van der Waals surface area contributed by atoms with E-state index in [-0.39, 0.29) is 6.04 Å². The fourth-order valence-corrected chi connectivity index (χ4v) is 2.34. The molecule has 0 spiro atoms. The first-order valence-corrected chi connectivity index (χ1v) is 6.45. The van der Waals surface area contributed by atoms with Crippen molar-refractivity contribution in [2.75, 3.05) is 6.54 Å². The molecule has 5 nitrogen and oxygen atoms in total. The van der Waals surface area contributed by atoms with Crippen LogP contribution in [0.3, 0.4) is 0 Å². The van der Waals surface area contributed by atoms with Crippen LogP contribution in [0, 0.1) is 0 Å². The fourth-order valence-electron chi connectivity index (χ4n) is 2.15. The Morgan fingerprint density at radius 1 is 1.39 bits per heavy atom. The van der Waals surface area contributed by atoms with Crippen LogP contribution in [0.25, 0.3) is 0 Å². The normalized spacial score (nSPS) is 19.3. The van der Waals surface area contributed by atoms with E-state index in [1.807, 2.05) is 24.3 Å². The highest BCUT2D eigenvalue weighted by Gasteiger charge is 2.20. The van der Waals surface area contributed by atoms with E-state index in [2.05, 4.69) is 20.7 Å². The van der Waals surface area contributed by atoms with Crippen LogP contribution in [0.15, 0.2) is 24.3 Å². The zero-order valence-electron chi connectivity index (χ0n) is 9.88. The minimum absolute atomic E-state index is 0.255. The minimum Gasteiger partial charge on any atom is -0.307 e. The second-order valence-electron chi connectivity index (χ2n) is 4.42. The van der Waals surface area contributed by atoms with Crippen molar-refractivity contribution in [2.45, 2.75) is 25.4 Å². The Kier molecular flexibility index (Phi) is 3.25. The van der Waals surface area contributed by atoms with Crippen LogP contribution in [0.4, 0.5) is 0 Å². The predicted octanol–water partition coefficient (Wildman–Crippen LogP) is 1.80. The van der Waals surface area contributed by atoms with Gasteiger partial charge >= 0.3 is 0 Å². The molecule has 0 aliphatic carbocycles. The van der Waals surface area contributed by atoms with Crippen molar-refractivity contribution < 1.29 is 0 Å². The van der Waals surface area contributed by atoms with Gasteiger partial charge in [-0.25, -0.2) is 0 Å². The molecule has 94 valence electrons. The Balaban J connectivity index is 1.75. The summed E-state index contributed by atoms with van der Waals surface area (Å²) >= 11 is 6.11. The number of nitrogens with zero attached hydrogens (tertiary/aromatic N) is 4. The van der Waals surface area contributed by atoms with Crippen LogP contribution in [0.5, 0.6) is 0 Å². The first kappa shape index (κ1) is 11.6. The van der Waals surface area contributed by atoms with Gasteiger partial charge < -0.3 is 5.32 Å². The van der Waals surface area contributed by atoms with Crippen LogP contribution in [-0.2, 0) is 6.54 Å². The maximum Gasteiger partial charge on any atom is 0.191 e. The number of hydrogen-bond acceptors (Lipinski definition) is 4. The monoisotopic (exact) mass is 263 g/mol. The van der Waals surface area contributed by atoms with Gasteiger partial charge in [0.25, 0.3) is 0 Å². The van der Waals surface area contributed by atoms with Crippen LogP contribution in [-0.4, -0.2) is 26.8 Å². The van der Waals surface area contributed by atoms with Crippen molar-refractivity contribution in [2.24, 2.45) is 0 Å². The third-order valence-corrected chi connectivity index (χ3v) is 3.48. The summed E-state index contributed by atoms with van der Waals surface area (Å²) in [5.74, 6) is 0.777. The molecule has 0 bridgehead atoms. The van der Waals surface area contributed by atoms with E-state index in [0.717, 1.165) is 29.4 Å². The van der Waals surface area contributed by atoms with Gasteiger partial charge in [-0.3, -0.25) is 0 Å². The van der Waals surface area contributed by atoms with Gasteiger partial charge in [-0.2, -0.15) is 4.80 Å². The van der Waals surface area contributed by atoms with Crippen molar-refractivity contribution in [3.63, 3.8) is 0 Å². The summed E-state index contributed by atoms with van der Waals surface area (Å²) in [6.07, 6.45) is 2.25. The van der Waals surface area contributed by atoms with Crippen molar-refractivity contribution in [1.29, 1.82) is 0 Å². The first-order valence-electron chi connectivity index (χ1n) is 6.07. The van der Waals surface area contributed by atoms with Gasteiger partial charge in [0.05, 0.1) is 12.6 Å². The van der Waals surface area contributed by atoms with E-state index in [9.17, 15) is 0 Å². The van der Waals surface area contributed by atoms with Crippen molar-refractivity contribution >= 4 is 11.6 Å². The summed E-state index contributed by atoms with van der Waals surface area (Å²) in [5.41, 5.74) is 1.00. The molecule has 18 heavy (non-hydrogen) atoms. The second-order valence-corrected chi connectivity index (χ2v) is 4.83. The third kappa shape index (κ3) is 2.37. The van der Waals surface area contributed by atoms with E-state index >= 15 is 0 Å². The van der Waals surface area contributed by atoms with Gasteiger partial charge in [-0.05, 0) is 36.2 Å². The van der Waals surface area contributed by atoms with Gasteiger partial charge in [0.2, 0.25) is 0 Å². The maximum atomic E-state index is 6.11. The SMILES string of the molecule is Clc1ccccc1Cn1nnc(C2CCCN2)n1. The van der Waals surface area contributed by atoms with Crippen LogP contribution < -0.4 is 5.32 Å². The molecule has 2 aromatic rings. The molecular formula is C12H14ClN5. The summed E-state index contributed by atoms with van der Waals surface area (Å²) in [7, 11) is 0. The average Bonchev–Trinajstić information content (AvgIpc) is 3.02. The topological polar surface area (TPSA) is 55.6 Å². The summed E-state index contributed by atoms with van der Waals surface area (Å²) in [4.78, 5) is 1.59. The third-order valence-electron chi connectivity index (χ3n) is 3.11. The van der Waals surface area contributed by atoms with Gasteiger partial charge in [-0.1, -0.05) is 29.8 Å². The summed E-state index contributed by atoms with van der Waals surface area (Å²) in [5, 5.41) is 16.7. The van der Waals surface area contributed by atoms with Gasteiger partial charge in [0.15, 0.2) is 5.82 Å². The number of hydrogen-bond donors (Lipinski definition) is 1. The first-order chi connectivity index (χ1) is 8.83. The Hall–Kier alpha value is -1.46. The lowest BCUT2D eigenvalue weighted by molar-refractivity contribution is 0.557. The second kappa shape index (κ2) is 5.04. The van der Waals surface area contributed by atoms with Crippen molar-refractivity contribution in [3.8, 4) is 0 Å². The fraction of sp³-hybridized carbons (Fsp3) is 0.417.